The van der Waals surface area contributed by atoms with Crippen LogP contribution < -0.4 is 11.1 Å². The smallest absolute Gasteiger partial charge is 0.389 e. The molecule has 1 saturated carbocycles. The second-order valence-corrected chi connectivity index (χ2v) is 8.14. The number of pyridine rings is 1. The van der Waals surface area contributed by atoms with E-state index in [1.807, 2.05) is 48.5 Å². The Hall–Kier alpha value is -3.42. The molecule has 3 aromatic rings. The van der Waals surface area contributed by atoms with Gasteiger partial charge in [-0.05, 0) is 24.5 Å². The maximum Gasteiger partial charge on any atom is 0.441 e. The molecular weight excluding hydrogens is 406 g/mol. The lowest BCUT2D eigenvalue weighted by atomic mass is 9.87. The Kier molecular flexibility index (Phi) is 7.32. The minimum atomic E-state index is -0.558. The van der Waals surface area contributed by atoms with E-state index in [0.717, 1.165) is 29.5 Å². The Morgan fingerprint density at radius 3 is 2.72 bits per heavy atom. The highest BCUT2D eigenvalue weighted by molar-refractivity contribution is 6.10. The highest BCUT2D eigenvalue weighted by Crippen LogP contribution is 2.26. The third-order valence-corrected chi connectivity index (χ3v) is 5.82. The number of hydrogen-bond donors (Lipinski definition) is 1. The molecule has 0 unspecified atom stereocenters. The van der Waals surface area contributed by atoms with Gasteiger partial charge in [0, 0.05) is 19.2 Å². The molecule has 0 aliphatic heterocycles. The van der Waals surface area contributed by atoms with Crippen molar-refractivity contribution in [1.82, 2.24) is 14.7 Å². The zero-order valence-corrected chi connectivity index (χ0v) is 18.4. The van der Waals surface area contributed by atoms with Crippen LogP contribution in [0, 0.1) is 5.92 Å². The normalized spacial score (nSPS) is 15.0. The lowest BCUT2D eigenvalue weighted by Crippen LogP contribution is -2.17. The number of aromatic nitrogens is 3. The van der Waals surface area contributed by atoms with Gasteiger partial charge in [-0.2, -0.15) is 0 Å². The number of nitrogens with one attached hydrogen (secondary N) is 1. The molecule has 0 spiro atoms. The minimum Gasteiger partial charge on any atom is -0.389 e. The number of anilines is 1. The van der Waals surface area contributed by atoms with Crippen LogP contribution in [0.3, 0.4) is 0 Å². The minimum absolute atomic E-state index is 0.195. The third-order valence-electron chi connectivity index (χ3n) is 5.82. The first kappa shape index (κ1) is 21.8. The average Bonchev–Trinajstić information content (AvgIpc) is 3.16. The van der Waals surface area contributed by atoms with Gasteiger partial charge in [0.2, 0.25) is 5.82 Å². The molecule has 1 aromatic carbocycles. The van der Waals surface area contributed by atoms with Crippen LogP contribution in [0.25, 0.3) is 0 Å². The van der Waals surface area contributed by atoms with E-state index in [2.05, 4.69) is 20.6 Å². The Balaban J connectivity index is 1.39. The van der Waals surface area contributed by atoms with Crippen LogP contribution in [0.2, 0.25) is 0 Å². The molecule has 1 N–H and O–H groups in total. The quantitative estimate of drug-likeness (QED) is 0.401. The van der Waals surface area contributed by atoms with Crippen LogP contribution in [-0.4, -0.2) is 27.0 Å². The predicted molar refractivity (Wildman–Crippen MR) is 123 cm³/mol. The van der Waals surface area contributed by atoms with Crippen LogP contribution in [-0.2, 0) is 18.5 Å². The lowest BCUT2D eigenvalue weighted by Gasteiger charge is -2.21. The fraction of sp³-hybridized carbons (Fsp3) is 0.417. The second-order valence-electron chi connectivity index (χ2n) is 8.14. The molecule has 4 rings (SSSR count). The maximum absolute atomic E-state index is 11.7. The standard InChI is InChI=1S/C24H29N5O3/c1-29-23(28-32-24(29)30)22(19-11-6-3-7-12-19)27-31-17-20-13-8-14-21(26-20)25-16-15-18-9-4-2-5-10-18/h3,6-8,11-14,18H,2,4-5,9-10,15-17H2,1H3,(H,25,26). The van der Waals surface area contributed by atoms with E-state index in [4.69, 9.17) is 9.36 Å². The predicted octanol–water partition coefficient (Wildman–Crippen LogP) is 4.12. The first-order valence-electron chi connectivity index (χ1n) is 11.2. The molecule has 2 aromatic heterocycles. The van der Waals surface area contributed by atoms with Crippen molar-refractivity contribution in [3.63, 3.8) is 0 Å². The molecule has 1 aliphatic carbocycles. The fourth-order valence-corrected chi connectivity index (χ4v) is 4.01. The van der Waals surface area contributed by atoms with Gasteiger partial charge in [0.25, 0.3) is 0 Å². The molecule has 0 radical (unpaired) electrons. The van der Waals surface area contributed by atoms with Gasteiger partial charge in [-0.3, -0.25) is 9.09 Å². The maximum atomic E-state index is 11.7. The summed E-state index contributed by atoms with van der Waals surface area (Å²) in [6.45, 7) is 1.12. The zero-order valence-electron chi connectivity index (χ0n) is 18.4. The highest BCUT2D eigenvalue weighted by Gasteiger charge is 2.17. The summed E-state index contributed by atoms with van der Waals surface area (Å²) in [5, 5.41) is 11.5. The summed E-state index contributed by atoms with van der Waals surface area (Å²) in [5.74, 6) is 1.42. The van der Waals surface area contributed by atoms with Crippen molar-refractivity contribution in [2.24, 2.45) is 18.1 Å². The molecule has 0 amide bonds. The topological polar surface area (TPSA) is 94.5 Å². The molecule has 0 saturated heterocycles. The summed E-state index contributed by atoms with van der Waals surface area (Å²) in [7, 11) is 1.58. The van der Waals surface area contributed by atoms with Crippen LogP contribution in [0.1, 0.15) is 55.6 Å². The number of oxime groups is 1. The van der Waals surface area contributed by atoms with E-state index in [1.165, 1.54) is 43.1 Å². The van der Waals surface area contributed by atoms with Crippen molar-refractivity contribution in [3.05, 3.63) is 76.2 Å². The summed E-state index contributed by atoms with van der Waals surface area (Å²) < 4.78 is 6.06. The lowest BCUT2D eigenvalue weighted by molar-refractivity contribution is 0.128. The Labute approximate surface area is 187 Å². The average molecular weight is 436 g/mol. The van der Waals surface area contributed by atoms with Gasteiger partial charge in [-0.1, -0.05) is 78.8 Å². The molecule has 8 heteroatoms. The first-order valence-corrected chi connectivity index (χ1v) is 11.2. The summed E-state index contributed by atoms with van der Waals surface area (Å²) in [6.07, 6.45) is 8.00. The van der Waals surface area contributed by atoms with Gasteiger partial charge in [0.15, 0.2) is 12.3 Å². The SMILES string of the molecule is Cn1c(C(=NOCc2cccc(NCCC3CCCCC3)n2)c2ccccc2)noc1=O. The van der Waals surface area contributed by atoms with Crippen molar-refractivity contribution in [2.75, 3.05) is 11.9 Å². The van der Waals surface area contributed by atoms with Crippen LogP contribution >= 0.6 is 0 Å². The van der Waals surface area contributed by atoms with E-state index in [1.54, 1.807) is 7.05 Å². The van der Waals surface area contributed by atoms with Crippen molar-refractivity contribution in [3.8, 4) is 0 Å². The van der Waals surface area contributed by atoms with E-state index >= 15 is 0 Å². The van der Waals surface area contributed by atoms with Gasteiger partial charge in [-0.25, -0.2) is 9.78 Å². The number of hydrogen-bond acceptors (Lipinski definition) is 7. The zero-order chi connectivity index (χ0) is 22.2. The summed E-state index contributed by atoms with van der Waals surface area (Å²) in [5.41, 5.74) is 1.95. The van der Waals surface area contributed by atoms with Crippen molar-refractivity contribution >= 4 is 11.5 Å². The van der Waals surface area contributed by atoms with Gasteiger partial charge >= 0.3 is 5.76 Å². The monoisotopic (exact) mass is 435 g/mol. The first-order chi connectivity index (χ1) is 15.7. The van der Waals surface area contributed by atoms with Crippen LogP contribution in [0.4, 0.5) is 5.82 Å². The Morgan fingerprint density at radius 1 is 1.16 bits per heavy atom. The van der Waals surface area contributed by atoms with Gasteiger partial charge in [0.05, 0.1) is 5.69 Å². The highest BCUT2D eigenvalue weighted by atomic mass is 16.6. The fourth-order valence-electron chi connectivity index (χ4n) is 4.01. The van der Waals surface area contributed by atoms with Crippen molar-refractivity contribution < 1.29 is 9.36 Å². The number of nitrogens with zero attached hydrogens (tertiary/aromatic N) is 4. The molecule has 0 bridgehead atoms. The molecule has 1 aliphatic rings. The largest absolute Gasteiger partial charge is 0.441 e. The molecular formula is C24H29N5O3. The molecule has 168 valence electrons. The van der Waals surface area contributed by atoms with Crippen molar-refractivity contribution in [1.29, 1.82) is 0 Å². The third kappa shape index (κ3) is 5.63. The molecule has 0 atom stereocenters. The van der Waals surface area contributed by atoms with Gasteiger partial charge in [0.1, 0.15) is 5.82 Å². The van der Waals surface area contributed by atoms with Crippen LogP contribution in [0.5, 0.6) is 0 Å². The molecule has 2 heterocycles. The molecule has 8 nitrogen and oxygen atoms in total. The Morgan fingerprint density at radius 2 is 1.97 bits per heavy atom. The van der Waals surface area contributed by atoms with Crippen LogP contribution in [0.15, 0.2) is 63.0 Å². The van der Waals surface area contributed by atoms with Gasteiger partial charge < -0.3 is 10.2 Å². The molecule has 32 heavy (non-hydrogen) atoms. The van der Waals surface area contributed by atoms with Crippen molar-refractivity contribution in [2.45, 2.75) is 45.1 Å². The van der Waals surface area contributed by atoms with E-state index in [9.17, 15) is 4.79 Å². The second kappa shape index (κ2) is 10.7. The number of rotatable bonds is 9. The van der Waals surface area contributed by atoms with E-state index in [-0.39, 0.29) is 6.61 Å². The van der Waals surface area contributed by atoms with E-state index in [0.29, 0.717) is 11.5 Å². The summed E-state index contributed by atoms with van der Waals surface area (Å²) in [6, 6.07) is 15.2. The summed E-state index contributed by atoms with van der Waals surface area (Å²) in [4.78, 5) is 22.0. The Bertz CT molecular complexity index is 1080. The van der Waals surface area contributed by atoms with Gasteiger partial charge in [-0.15, -0.1) is 0 Å². The van der Waals surface area contributed by atoms with E-state index < -0.39 is 5.76 Å². The summed E-state index contributed by atoms with van der Waals surface area (Å²) >= 11 is 0. The molecule has 1 fully saturated rings. The number of benzene rings is 1.